The van der Waals surface area contributed by atoms with E-state index in [9.17, 15) is 10.5 Å². The molecule has 0 bridgehead atoms. The largest absolute Gasteiger partial charge is 0.372 e. The van der Waals surface area contributed by atoms with E-state index in [0.717, 1.165) is 12.8 Å². The van der Waals surface area contributed by atoms with E-state index in [1.54, 1.807) is 12.1 Å². The lowest BCUT2D eigenvalue weighted by molar-refractivity contribution is 0.884. The van der Waals surface area contributed by atoms with Gasteiger partial charge in [0.1, 0.15) is 6.07 Å². The van der Waals surface area contributed by atoms with E-state index in [0.29, 0.717) is 52.6 Å². The van der Waals surface area contributed by atoms with Crippen molar-refractivity contribution < 1.29 is 0 Å². The number of aromatic nitrogens is 4. The van der Waals surface area contributed by atoms with Crippen molar-refractivity contribution >= 4 is 40.4 Å². The summed E-state index contributed by atoms with van der Waals surface area (Å²) in [6.45, 7) is 1.02. The van der Waals surface area contributed by atoms with E-state index in [1.807, 2.05) is 11.9 Å². The van der Waals surface area contributed by atoms with Gasteiger partial charge in [0.25, 0.3) is 0 Å². The molecular weight excluding hydrogens is 404 g/mol. The first kappa shape index (κ1) is 19.7. The Balaban J connectivity index is 1.77. The fourth-order valence-corrected chi connectivity index (χ4v) is 3.31. The summed E-state index contributed by atoms with van der Waals surface area (Å²) in [6, 6.07) is 7.88. The predicted molar refractivity (Wildman–Crippen MR) is 114 cm³/mol. The number of halogens is 1. The van der Waals surface area contributed by atoms with Crippen LogP contribution in [0.25, 0.3) is 5.65 Å². The molecule has 0 amide bonds. The van der Waals surface area contributed by atoms with Crippen molar-refractivity contribution in [1.82, 2.24) is 19.6 Å². The standard InChI is InChI=1S/C19H19ClN10/c1-29(5-4-21)15-7-11(8-22)6-14(16(15)20)26-19-27-17(25-12-2-3-12)18-24-10-13(9-23)30(18)28-19/h6-7,10,12H,2-5,21H2,1H3,(H2,25,26,27,28). The molecule has 0 saturated heterocycles. The average Bonchev–Trinajstić information content (AvgIpc) is 3.45. The van der Waals surface area contributed by atoms with Gasteiger partial charge in [-0.3, -0.25) is 0 Å². The molecular formula is C19H19ClN10. The molecule has 1 aliphatic rings. The Bertz CT molecular complexity index is 1180. The lowest BCUT2D eigenvalue weighted by Gasteiger charge is -2.22. The second kappa shape index (κ2) is 8.03. The third-order valence-electron chi connectivity index (χ3n) is 4.70. The number of hydrogen-bond donors (Lipinski definition) is 3. The third kappa shape index (κ3) is 3.79. The number of rotatable bonds is 7. The minimum absolute atomic E-state index is 0.226. The fourth-order valence-electron chi connectivity index (χ4n) is 3.01. The van der Waals surface area contributed by atoms with E-state index in [-0.39, 0.29) is 11.6 Å². The molecule has 0 aliphatic heterocycles. The van der Waals surface area contributed by atoms with Crippen LogP contribution in [0, 0.1) is 22.7 Å². The van der Waals surface area contributed by atoms with Crippen LogP contribution in [0.4, 0.5) is 23.1 Å². The number of nitriles is 2. The van der Waals surface area contributed by atoms with Gasteiger partial charge in [-0.05, 0) is 25.0 Å². The number of nitrogens with one attached hydrogen (secondary N) is 2. The molecule has 4 rings (SSSR count). The smallest absolute Gasteiger partial charge is 0.247 e. The topological polar surface area (TPSA) is 144 Å². The van der Waals surface area contributed by atoms with E-state index in [4.69, 9.17) is 17.3 Å². The Kier molecular flexibility index (Phi) is 5.27. The number of nitrogens with two attached hydrogens (primary N) is 1. The molecule has 152 valence electrons. The summed E-state index contributed by atoms with van der Waals surface area (Å²) < 4.78 is 1.43. The summed E-state index contributed by atoms with van der Waals surface area (Å²) in [6.07, 6.45) is 3.56. The van der Waals surface area contributed by atoms with Crippen molar-refractivity contribution in [1.29, 1.82) is 10.5 Å². The van der Waals surface area contributed by atoms with Gasteiger partial charge in [-0.15, -0.1) is 5.10 Å². The molecule has 1 saturated carbocycles. The number of benzene rings is 1. The van der Waals surface area contributed by atoms with Crippen LogP contribution in [-0.4, -0.2) is 45.8 Å². The summed E-state index contributed by atoms with van der Waals surface area (Å²) in [4.78, 5) is 10.7. The van der Waals surface area contributed by atoms with Gasteiger partial charge in [0.2, 0.25) is 5.95 Å². The number of fused-ring (bicyclic) bond motifs is 1. The maximum absolute atomic E-state index is 9.43. The van der Waals surface area contributed by atoms with Gasteiger partial charge >= 0.3 is 0 Å². The molecule has 0 unspecified atom stereocenters. The van der Waals surface area contributed by atoms with Crippen molar-refractivity contribution in [3.8, 4) is 12.1 Å². The number of likely N-dealkylation sites (N-methyl/N-ethyl adjacent to an activating group) is 1. The molecule has 2 aromatic heterocycles. The van der Waals surface area contributed by atoms with Gasteiger partial charge in [0.15, 0.2) is 17.2 Å². The van der Waals surface area contributed by atoms with Gasteiger partial charge in [-0.25, -0.2) is 4.98 Å². The fraction of sp³-hybridized carbons (Fsp3) is 0.316. The first-order chi connectivity index (χ1) is 14.5. The molecule has 2 heterocycles. The van der Waals surface area contributed by atoms with Crippen LogP contribution in [0.1, 0.15) is 24.1 Å². The first-order valence-corrected chi connectivity index (χ1v) is 9.76. The molecule has 1 aromatic carbocycles. The Morgan fingerprint density at radius 1 is 1.33 bits per heavy atom. The quantitative estimate of drug-likeness (QED) is 0.521. The minimum atomic E-state index is 0.226. The van der Waals surface area contributed by atoms with Crippen LogP contribution in [0.2, 0.25) is 5.02 Å². The molecule has 1 aliphatic carbocycles. The summed E-state index contributed by atoms with van der Waals surface area (Å²) in [5.41, 5.74) is 7.99. The van der Waals surface area contributed by atoms with E-state index in [2.05, 4.69) is 37.8 Å². The Morgan fingerprint density at radius 3 is 2.80 bits per heavy atom. The van der Waals surface area contributed by atoms with E-state index in [1.165, 1.54) is 10.7 Å². The van der Waals surface area contributed by atoms with Gasteiger partial charge in [-0.2, -0.15) is 20.0 Å². The highest BCUT2D eigenvalue weighted by Gasteiger charge is 2.24. The maximum atomic E-state index is 9.43. The van der Waals surface area contributed by atoms with Crippen molar-refractivity contribution in [3.05, 3.63) is 34.6 Å². The van der Waals surface area contributed by atoms with Crippen molar-refractivity contribution in [3.63, 3.8) is 0 Å². The molecule has 4 N–H and O–H groups in total. The van der Waals surface area contributed by atoms with Gasteiger partial charge < -0.3 is 21.3 Å². The lowest BCUT2D eigenvalue weighted by Crippen LogP contribution is -2.25. The third-order valence-corrected chi connectivity index (χ3v) is 5.10. The lowest BCUT2D eigenvalue weighted by atomic mass is 10.1. The SMILES string of the molecule is CN(CCN)c1cc(C#N)cc(Nc2nc(NC3CC3)c3ncc(C#N)n3n2)c1Cl. The molecule has 10 nitrogen and oxygen atoms in total. The summed E-state index contributed by atoms with van der Waals surface area (Å²) in [7, 11) is 1.85. The first-order valence-electron chi connectivity index (χ1n) is 9.38. The summed E-state index contributed by atoms with van der Waals surface area (Å²) in [5.74, 6) is 0.758. The highest BCUT2D eigenvalue weighted by Crippen LogP contribution is 2.35. The van der Waals surface area contributed by atoms with Crippen LogP contribution < -0.4 is 21.3 Å². The normalized spacial score (nSPS) is 13.0. The Labute approximate surface area is 177 Å². The molecule has 0 spiro atoms. The molecule has 3 aromatic rings. The second-order valence-corrected chi connectivity index (χ2v) is 7.38. The highest BCUT2D eigenvalue weighted by atomic mass is 35.5. The zero-order valence-corrected chi connectivity index (χ0v) is 17.0. The molecule has 0 atom stereocenters. The van der Waals surface area contributed by atoms with Crippen LogP contribution in [0.5, 0.6) is 0 Å². The molecule has 30 heavy (non-hydrogen) atoms. The summed E-state index contributed by atoms with van der Waals surface area (Å²) >= 11 is 6.61. The van der Waals surface area contributed by atoms with E-state index < -0.39 is 0 Å². The van der Waals surface area contributed by atoms with Gasteiger partial charge in [0.05, 0.1) is 34.2 Å². The average molecular weight is 423 g/mol. The van der Waals surface area contributed by atoms with Gasteiger partial charge in [0, 0.05) is 26.2 Å². The van der Waals surface area contributed by atoms with Crippen LogP contribution in [-0.2, 0) is 0 Å². The van der Waals surface area contributed by atoms with E-state index >= 15 is 0 Å². The predicted octanol–water partition coefficient (Wildman–Crippen LogP) is 2.23. The minimum Gasteiger partial charge on any atom is -0.372 e. The number of hydrogen-bond acceptors (Lipinski definition) is 9. The number of anilines is 4. The maximum Gasteiger partial charge on any atom is 0.247 e. The van der Waals surface area contributed by atoms with Crippen LogP contribution in [0.3, 0.4) is 0 Å². The number of imidazole rings is 1. The van der Waals surface area contributed by atoms with Crippen LogP contribution in [0.15, 0.2) is 18.3 Å². The zero-order chi connectivity index (χ0) is 21.3. The Morgan fingerprint density at radius 2 is 2.13 bits per heavy atom. The van der Waals surface area contributed by atoms with Crippen molar-refractivity contribution in [2.24, 2.45) is 5.73 Å². The van der Waals surface area contributed by atoms with Crippen LogP contribution >= 0.6 is 11.6 Å². The van der Waals surface area contributed by atoms with Crippen molar-refractivity contribution in [2.75, 3.05) is 35.7 Å². The van der Waals surface area contributed by atoms with Gasteiger partial charge in [-0.1, -0.05) is 11.6 Å². The molecule has 11 heteroatoms. The summed E-state index contributed by atoms with van der Waals surface area (Å²) in [5, 5.41) is 30.0. The zero-order valence-electron chi connectivity index (χ0n) is 16.2. The molecule has 1 fully saturated rings. The van der Waals surface area contributed by atoms with Crippen molar-refractivity contribution in [2.45, 2.75) is 18.9 Å². The molecule has 0 radical (unpaired) electrons. The monoisotopic (exact) mass is 422 g/mol. The highest BCUT2D eigenvalue weighted by molar-refractivity contribution is 6.36. The number of nitrogens with zero attached hydrogens (tertiary/aromatic N) is 7. The second-order valence-electron chi connectivity index (χ2n) is 7.00. The Hall–Kier alpha value is -3.60.